The lowest BCUT2D eigenvalue weighted by Gasteiger charge is -2.24. The van der Waals surface area contributed by atoms with E-state index in [0.29, 0.717) is 4.48 Å². The molecule has 0 saturated heterocycles. The summed E-state index contributed by atoms with van der Waals surface area (Å²) in [5.41, 5.74) is 0. The Labute approximate surface area is 45.0 Å². The lowest BCUT2D eigenvalue weighted by atomic mass is 10.6. The zero-order valence-corrected chi connectivity index (χ0v) is 5.31. The molecule has 0 aliphatic rings. The zero-order chi connectivity index (χ0) is 5.91. The largest absolute Gasteiger partial charge is 0.347 e. The summed E-state index contributed by atoms with van der Waals surface area (Å²) in [5, 5.41) is 8.57. The van der Waals surface area contributed by atoms with Crippen LogP contribution in [-0.4, -0.2) is 37.0 Å². The van der Waals surface area contributed by atoms with Gasteiger partial charge in [-0.05, 0) is 6.92 Å². The van der Waals surface area contributed by atoms with Crippen LogP contribution in [-0.2, 0) is 0 Å². The van der Waals surface area contributed by atoms with E-state index in [0.717, 1.165) is 6.54 Å². The molecule has 7 heavy (non-hydrogen) atoms. The van der Waals surface area contributed by atoms with Crippen LogP contribution in [0.25, 0.3) is 0 Å². The molecule has 0 unspecified atom stereocenters. The van der Waals surface area contributed by atoms with Gasteiger partial charge in [-0.1, -0.05) is 0 Å². The fourth-order valence-electron chi connectivity index (χ4n) is 0.1000. The second-order valence-corrected chi connectivity index (χ2v) is 2.39. The van der Waals surface area contributed by atoms with Gasteiger partial charge >= 0.3 is 0 Å². The Kier molecular flexibility index (Phi) is 2.26. The van der Waals surface area contributed by atoms with Crippen molar-refractivity contribution in [3.05, 3.63) is 0 Å². The molecule has 0 heterocycles. The van der Waals surface area contributed by atoms with E-state index in [-0.39, 0.29) is 6.73 Å². The summed E-state index contributed by atoms with van der Waals surface area (Å²) in [7, 11) is 3.97. The van der Waals surface area contributed by atoms with Crippen LogP contribution in [0.1, 0.15) is 6.92 Å². The minimum Gasteiger partial charge on any atom is -0.347 e. The Morgan fingerprint density at radius 3 is 1.86 bits per heavy atom. The second kappa shape index (κ2) is 2.28. The van der Waals surface area contributed by atoms with Gasteiger partial charge in [0.05, 0.1) is 20.6 Å². The molecule has 2 heteroatoms. The number of nitrogens with zero attached hydrogens (tertiary/aromatic N) is 1. The predicted molar refractivity (Wildman–Crippen MR) is 29.7 cm³/mol. The van der Waals surface area contributed by atoms with Gasteiger partial charge in [0.1, 0.15) is 0 Å². The number of hydrogen-bond donors (Lipinski definition) is 1. The number of hydrogen-bond acceptors (Lipinski definition) is 1. The van der Waals surface area contributed by atoms with Crippen molar-refractivity contribution in [2.45, 2.75) is 6.92 Å². The van der Waals surface area contributed by atoms with Gasteiger partial charge < -0.3 is 9.59 Å². The van der Waals surface area contributed by atoms with Gasteiger partial charge in [-0.15, -0.1) is 0 Å². The molecule has 0 aromatic rings. The van der Waals surface area contributed by atoms with Crippen LogP contribution in [0.3, 0.4) is 0 Å². The van der Waals surface area contributed by atoms with E-state index in [1.54, 1.807) is 0 Å². The maximum absolute atomic E-state index is 8.57. The Balaban J connectivity index is 3.36. The molecule has 0 aromatic heterocycles. The highest BCUT2D eigenvalue weighted by atomic mass is 16.3. The molecule has 0 aromatic carbocycles. The van der Waals surface area contributed by atoms with E-state index in [4.69, 9.17) is 5.11 Å². The van der Waals surface area contributed by atoms with Crippen molar-refractivity contribution in [2.24, 2.45) is 0 Å². The first-order valence-corrected chi connectivity index (χ1v) is 2.55. The van der Waals surface area contributed by atoms with Crippen molar-refractivity contribution in [2.75, 3.05) is 27.4 Å². The predicted octanol–water partition coefficient (Wildman–Crippen LogP) is 0.0325. The first-order valence-electron chi connectivity index (χ1n) is 2.55. The van der Waals surface area contributed by atoms with E-state index < -0.39 is 0 Å². The molecular formula is C5H14NO+. The van der Waals surface area contributed by atoms with Gasteiger partial charge in [-0.2, -0.15) is 0 Å². The topological polar surface area (TPSA) is 20.2 Å². The third-order valence-corrected chi connectivity index (χ3v) is 1.24. The summed E-state index contributed by atoms with van der Waals surface area (Å²) < 4.78 is 0.694. The van der Waals surface area contributed by atoms with Crippen LogP contribution in [0.4, 0.5) is 0 Å². The van der Waals surface area contributed by atoms with E-state index in [2.05, 4.69) is 6.92 Å². The summed E-state index contributed by atoms with van der Waals surface area (Å²) in [6.07, 6.45) is 0. The first kappa shape index (κ1) is 6.92. The van der Waals surface area contributed by atoms with E-state index in [1.807, 2.05) is 14.1 Å². The monoisotopic (exact) mass is 104 g/mol. The number of rotatable bonds is 2. The summed E-state index contributed by atoms with van der Waals surface area (Å²) in [6.45, 7) is 3.27. The summed E-state index contributed by atoms with van der Waals surface area (Å²) in [5.74, 6) is 0. The van der Waals surface area contributed by atoms with Gasteiger partial charge in [0, 0.05) is 0 Å². The Bertz CT molecular complexity index is 46.0. The highest BCUT2D eigenvalue weighted by molar-refractivity contribution is 4.10. The molecular weight excluding hydrogens is 90.1 g/mol. The van der Waals surface area contributed by atoms with E-state index in [9.17, 15) is 0 Å². The number of quaternary nitrogens is 1. The Morgan fingerprint density at radius 2 is 1.86 bits per heavy atom. The third-order valence-electron chi connectivity index (χ3n) is 1.24. The first-order chi connectivity index (χ1) is 3.12. The lowest BCUT2D eigenvalue weighted by molar-refractivity contribution is -0.907. The smallest absolute Gasteiger partial charge is 0.179 e. The van der Waals surface area contributed by atoms with Crippen molar-refractivity contribution >= 4 is 0 Å². The van der Waals surface area contributed by atoms with Crippen molar-refractivity contribution in [1.82, 2.24) is 0 Å². The lowest BCUT2D eigenvalue weighted by Crippen LogP contribution is -2.39. The summed E-state index contributed by atoms with van der Waals surface area (Å²) in [4.78, 5) is 0. The second-order valence-electron chi connectivity index (χ2n) is 2.39. The van der Waals surface area contributed by atoms with Crippen molar-refractivity contribution in [1.29, 1.82) is 0 Å². The Hall–Kier alpha value is -0.0800. The molecule has 0 bridgehead atoms. The summed E-state index contributed by atoms with van der Waals surface area (Å²) in [6, 6.07) is 0. The SMILES string of the molecule is CC[N+](C)(C)CO. The van der Waals surface area contributed by atoms with Gasteiger partial charge in [-0.3, -0.25) is 0 Å². The Morgan fingerprint density at radius 1 is 1.43 bits per heavy atom. The molecule has 0 spiro atoms. The van der Waals surface area contributed by atoms with Gasteiger partial charge in [0.15, 0.2) is 6.73 Å². The van der Waals surface area contributed by atoms with Gasteiger partial charge in [0.2, 0.25) is 0 Å². The molecule has 2 nitrogen and oxygen atoms in total. The van der Waals surface area contributed by atoms with Crippen molar-refractivity contribution in [3.8, 4) is 0 Å². The van der Waals surface area contributed by atoms with Crippen molar-refractivity contribution in [3.63, 3.8) is 0 Å². The molecule has 0 amide bonds. The molecule has 0 saturated carbocycles. The maximum atomic E-state index is 8.57. The molecule has 0 radical (unpaired) electrons. The normalized spacial score (nSPS) is 12.0. The minimum absolute atomic E-state index is 0.233. The number of aliphatic hydroxyl groups excluding tert-OH is 1. The molecule has 44 valence electrons. The van der Waals surface area contributed by atoms with Crippen LogP contribution in [0.2, 0.25) is 0 Å². The van der Waals surface area contributed by atoms with E-state index >= 15 is 0 Å². The van der Waals surface area contributed by atoms with E-state index in [1.165, 1.54) is 0 Å². The molecule has 1 N–H and O–H groups in total. The van der Waals surface area contributed by atoms with Crippen molar-refractivity contribution < 1.29 is 9.59 Å². The third kappa shape index (κ3) is 2.60. The van der Waals surface area contributed by atoms with Crippen LogP contribution in [0.15, 0.2) is 0 Å². The molecule has 0 atom stereocenters. The zero-order valence-electron chi connectivity index (χ0n) is 5.31. The van der Waals surface area contributed by atoms with Crippen LogP contribution in [0.5, 0.6) is 0 Å². The van der Waals surface area contributed by atoms with Crippen LogP contribution >= 0.6 is 0 Å². The quantitative estimate of drug-likeness (QED) is 0.387. The molecule has 0 aliphatic heterocycles. The van der Waals surface area contributed by atoms with Crippen LogP contribution in [0, 0.1) is 0 Å². The van der Waals surface area contributed by atoms with Gasteiger partial charge in [0.25, 0.3) is 0 Å². The standard InChI is InChI=1S/C5H14NO/c1-4-6(2,3)5-7/h7H,4-5H2,1-3H3/q+1. The average molecular weight is 104 g/mol. The number of aliphatic hydroxyl groups is 1. The minimum atomic E-state index is 0.233. The maximum Gasteiger partial charge on any atom is 0.179 e. The fraction of sp³-hybridized carbons (Fsp3) is 1.00. The van der Waals surface area contributed by atoms with Crippen LogP contribution < -0.4 is 0 Å². The summed E-state index contributed by atoms with van der Waals surface area (Å²) >= 11 is 0. The average Bonchev–Trinajstić information content (AvgIpc) is 1.68. The fourth-order valence-corrected chi connectivity index (χ4v) is 0.1000. The van der Waals surface area contributed by atoms with Gasteiger partial charge in [-0.25, -0.2) is 0 Å². The molecule has 0 fully saturated rings. The highest BCUT2D eigenvalue weighted by Crippen LogP contribution is 1.89. The highest BCUT2D eigenvalue weighted by Gasteiger charge is 2.06. The molecule has 0 aliphatic carbocycles. The molecule has 0 rings (SSSR count).